The zero-order valence-electron chi connectivity index (χ0n) is 8.25. The Kier molecular flexibility index (Phi) is 4.16. The second-order valence-electron chi connectivity index (χ2n) is 2.95. The molecule has 3 N–H and O–H groups in total. The van der Waals surface area contributed by atoms with Gasteiger partial charge in [0.2, 0.25) is 0 Å². The Bertz CT molecular complexity index is 474. The van der Waals surface area contributed by atoms with Gasteiger partial charge in [-0.05, 0) is 0 Å². The molecule has 1 aromatic rings. The maximum atomic E-state index is 13.5. The van der Waals surface area contributed by atoms with Crippen molar-refractivity contribution in [3.63, 3.8) is 0 Å². The van der Waals surface area contributed by atoms with Crippen molar-refractivity contribution in [2.45, 2.75) is 0 Å². The van der Waals surface area contributed by atoms with Crippen LogP contribution in [0.25, 0.3) is 0 Å². The van der Waals surface area contributed by atoms with Crippen molar-refractivity contribution in [1.82, 2.24) is 0 Å². The van der Waals surface area contributed by atoms with Crippen LogP contribution in [0.1, 0.15) is 15.9 Å². The average Bonchev–Trinajstić information content (AvgIpc) is 2.26. The number of benzene rings is 1. The molecule has 1 aromatic carbocycles. The Morgan fingerprint density at radius 1 is 1.62 bits per heavy atom. The summed E-state index contributed by atoms with van der Waals surface area (Å²) >= 11 is 0.298. The van der Waals surface area contributed by atoms with Gasteiger partial charge in [-0.1, -0.05) is 0 Å². The Morgan fingerprint density at radius 3 is 2.69 bits per heavy atom. The summed E-state index contributed by atoms with van der Waals surface area (Å²) in [7, 11) is 0. The zero-order chi connectivity index (χ0) is 12.3. The number of halogens is 1. The molecule has 1 rings (SSSR count). The van der Waals surface area contributed by atoms with Crippen LogP contribution in [0.5, 0.6) is 0 Å². The molecule has 0 radical (unpaired) electrons. The Morgan fingerprint density at radius 2 is 2.25 bits per heavy atom. The summed E-state index contributed by atoms with van der Waals surface area (Å²) in [4.78, 5) is 10.7. The summed E-state index contributed by atoms with van der Waals surface area (Å²) in [5.41, 5.74) is 0.197. The number of carboxylic acid groups (broad SMARTS) is 1. The fraction of sp³-hybridized carbons (Fsp3) is 0. The third kappa shape index (κ3) is 2.46. The predicted molar refractivity (Wildman–Crippen MR) is 59.8 cm³/mol. The molecule has 0 aliphatic heterocycles. The summed E-state index contributed by atoms with van der Waals surface area (Å²) in [5, 5.41) is 16.3. The summed E-state index contributed by atoms with van der Waals surface area (Å²) in [5.74, 6) is -1.89. The Labute approximate surface area is 108 Å². The van der Waals surface area contributed by atoms with Crippen molar-refractivity contribution in [1.29, 1.82) is 5.41 Å². The normalized spacial score (nSPS) is 9.50. The van der Waals surface area contributed by atoms with E-state index in [4.69, 9.17) is 10.5 Å². The molecule has 16 heavy (non-hydrogen) atoms. The fourth-order valence-electron chi connectivity index (χ4n) is 1.20. The van der Waals surface area contributed by atoms with Gasteiger partial charge < -0.3 is 0 Å². The number of hydrogen-bond donors (Lipinski definition) is 3. The number of nitrogens with one attached hydrogen (secondary N) is 2. The van der Waals surface area contributed by atoms with Crippen molar-refractivity contribution in [3.05, 3.63) is 41.7 Å². The minimum atomic E-state index is -1.22. The van der Waals surface area contributed by atoms with Crippen molar-refractivity contribution in [2.75, 3.05) is 3.13 Å². The number of allylic oxidation sites excluding steroid dienone is 1. The van der Waals surface area contributed by atoms with Crippen LogP contribution in [0.4, 0.5) is 10.1 Å². The topological polar surface area (TPSA) is 73.2 Å². The van der Waals surface area contributed by atoms with Crippen LogP contribution in [0, 0.1) is 11.2 Å². The molecule has 0 atom stereocenters. The van der Waals surface area contributed by atoms with Gasteiger partial charge in [0.05, 0.1) is 0 Å². The quantitative estimate of drug-likeness (QED) is 0.520. The van der Waals surface area contributed by atoms with Gasteiger partial charge in [0.1, 0.15) is 0 Å². The summed E-state index contributed by atoms with van der Waals surface area (Å²) in [6.07, 6.45) is 1.24. The van der Waals surface area contributed by atoms with Crippen LogP contribution < -0.4 is 3.13 Å². The third-order valence-electron chi connectivity index (χ3n) is 1.98. The molecule has 6 heteroatoms. The molecule has 0 amide bonds. The second kappa shape index (κ2) is 5.19. The molecular weight excluding hydrogens is 404 g/mol. The van der Waals surface area contributed by atoms with E-state index in [9.17, 15) is 9.18 Å². The molecule has 0 saturated heterocycles. The van der Waals surface area contributed by atoms with Crippen LogP contribution in [-0.2, 0) is 0 Å². The van der Waals surface area contributed by atoms with Gasteiger partial charge in [-0.3, -0.25) is 0 Å². The van der Waals surface area contributed by atoms with Crippen LogP contribution in [0.15, 0.2) is 24.8 Å². The first-order chi connectivity index (χ1) is 7.51. The van der Waals surface area contributed by atoms with Crippen LogP contribution in [-0.4, -0.2) is 42.9 Å². The first-order valence-corrected chi connectivity index (χ1v) is 6.50. The molecule has 0 saturated carbocycles. The summed E-state index contributed by atoms with van der Waals surface area (Å²) in [6.45, 7) is 3.41. The van der Waals surface area contributed by atoms with E-state index in [1.165, 1.54) is 12.1 Å². The van der Waals surface area contributed by atoms with Crippen molar-refractivity contribution >= 4 is 43.4 Å². The molecule has 80 valence electrons. The summed E-state index contributed by atoms with van der Waals surface area (Å²) < 4.78 is 16.3. The number of carbonyl (C=O) groups is 1. The third-order valence-corrected chi connectivity index (χ3v) is 3.10. The molecule has 0 aliphatic carbocycles. The van der Waals surface area contributed by atoms with Crippen molar-refractivity contribution in [2.24, 2.45) is 0 Å². The van der Waals surface area contributed by atoms with Gasteiger partial charge in [-0.15, -0.1) is 0 Å². The molecule has 4 nitrogen and oxygen atoms in total. The molecule has 0 bridgehead atoms. The molecule has 0 unspecified atom stereocenters. The number of hydrogen-bond acceptors (Lipinski definition) is 3. The van der Waals surface area contributed by atoms with Crippen LogP contribution in [0.2, 0.25) is 0 Å². The molecule has 0 aromatic heterocycles. The molecule has 0 spiro atoms. The van der Waals surface area contributed by atoms with E-state index < -0.39 is 11.8 Å². The van der Waals surface area contributed by atoms with Crippen molar-refractivity contribution in [3.8, 4) is 0 Å². The monoisotopic (exact) mass is 412 g/mol. The Hall–Kier alpha value is -1.25. The van der Waals surface area contributed by atoms with E-state index >= 15 is 0 Å². The first kappa shape index (κ1) is 12.8. The number of rotatable bonds is 4. The summed E-state index contributed by atoms with van der Waals surface area (Å²) in [6, 6.07) is 2.20. The fourth-order valence-corrected chi connectivity index (χ4v) is 2.34. The predicted octanol–water partition coefficient (Wildman–Crippen LogP) is 1.57. The standard InChI is InChI=1S/C10H9FN2O2.Tl/c1-2-8(12)6-3-5(10(14)15)4-7(11)9(6)13;/h2-4H,1H2,(H4,12,13,14,15);/q;+1/p-1. The molecule has 0 heterocycles. The van der Waals surface area contributed by atoms with E-state index in [-0.39, 0.29) is 22.5 Å². The number of carboxylic acids is 1. The first-order valence-electron chi connectivity index (χ1n) is 4.26. The van der Waals surface area contributed by atoms with Crippen molar-refractivity contribution < 1.29 is 14.3 Å². The van der Waals surface area contributed by atoms with Gasteiger partial charge in [-0.25, -0.2) is 0 Å². The average molecular weight is 412 g/mol. The maximum absolute atomic E-state index is 13.5. The van der Waals surface area contributed by atoms with Gasteiger partial charge in [-0.2, -0.15) is 0 Å². The molecular formula is C10H8FN2O2Tl. The van der Waals surface area contributed by atoms with Crippen LogP contribution in [0.3, 0.4) is 0 Å². The van der Waals surface area contributed by atoms with E-state index in [1.807, 2.05) is 0 Å². The van der Waals surface area contributed by atoms with E-state index in [1.54, 1.807) is 0 Å². The van der Waals surface area contributed by atoms with E-state index in [0.717, 1.165) is 6.07 Å². The molecule has 0 fully saturated rings. The van der Waals surface area contributed by atoms with Gasteiger partial charge in [0, 0.05) is 0 Å². The zero-order valence-corrected chi connectivity index (χ0v) is 12.7. The van der Waals surface area contributed by atoms with E-state index in [0.29, 0.717) is 26.1 Å². The Balaban J connectivity index is 3.48. The number of anilines is 1. The molecule has 0 aliphatic rings. The van der Waals surface area contributed by atoms with Gasteiger partial charge in [0.15, 0.2) is 0 Å². The second-order valence-corrected chi connectivity index (χ2v) is 4.07. The number of aromatic carboxylic acids is 1. The van der Waals surface area contributed by atoms with Crippen LogP contribution >= 0.6 is 0 Å². The van der Waals surface area contributed by atoms with Gasteiger partial charge in [0.25, 0.3) is 0 Å². The minimum absolute atomic E-state index is 0.00912. The van der Waals surface area contributed by atoms with Gasteiger partial charge >= 0.3 is 108 Å². The SMILES string of the molecule is C=CC(=N)c1cc(C(=O)O)cc(F)c1[NH][Tl]. The van der Waals surface area contributed by atoms with E-state index in [2.05, 4.69) is 9.71 Å².